The van der Waals surface area contributed by atoms with Crippen molar-refractivity contribution >= 4 is 10.0 Å². The summed E-state index contributed by atoms with van der Waals surface area (Å²) in [5, 5.41) is 3.04. The Hall–Kier alpha value is -0.910. The molecule has 0 unspecified atom stereocenters. The zero-order chi connectivity index (χ0) is 13.2. The van der Waals surface area contributed by atoms with Crippen LogP contribution in [0.3, 0.4) is 0 Å². The Morgan fingerprint density at radius 1 is 1.18 bits per heavy atom. The van der Waals surface area contributed by atoms with Crippen molar-refractivity contribution < 1.29 is 8.42 Å². The van der Waals surface area contributed by atoms with Crippen LogP contribution in [-0.2, 0) is 16.6 Å². The second kappa shape index (κ2) is 5.16. The number of sulfonamides is 1. The minimum Gasteiger partial charge on any atom is -0.316 e. The van der Waals surface area contributed by atoms with Crippen LogP contribution < -0.4 is 5.32 Å². The lowest BCUT2D eigenvalue weighted by molar-refractivity contribution is 0.520. The van der Waals surface area contributed by atoms with E-state index >= 15 is 0 Å². The van der Waals surface area contributed by atoms with E-state index in [2.05, 4.69) is 5.32 Å². The summed E-state index contributed by atoms with van der Waals surface area (Å²) >= 11 is 0. The lowest BCUT2D eigenvalue weighted by atomic mass is 10.1. The Labute approximate surface area is 104 Å². The first-order chi connectivity index (χ1) is 7.80. The van der Waals surface area contributed by atoms with Gasteiger partial charge in [0, 0.05) is 20.6 Å². The van der Waals surface area contributed by atoms with Crippen molar-refractivity contribution in [3.8, 4) is 0 Å². The molecule has 1 aromatic carbocycles. The van der Waals surface area contributed by atoms with Crippen LogP contribution >= 0.6 is 0 Å². The summed E-state index contributed by atoms with van der Waals surface area (Å²) in [5.41, 5.74) is 2.91. The van der Waals surface area contributed by atoms with Gasteiger partial charge in [0.25, 0.3) is 0 Å². The molecule has 0 fully saturated rings. The standard InChI is InChI=1S/C12H20N2O2S/c1-9-6-10(2)12(7-11(9)8-13-3)17(15,16)14(4)5/h6-7,13H,8H2,1-5H3. The molecule has 0 aliphatic heterocycles. The summed E-state index contributed by atoms with van der Waals surface area (Å²) in [5.74, 6) is 0. The van der Waals surface area contributed by atoms with Crippen LogP contribution in [0.2, 0.25) is 0 Å². The van der Waals surface area contributed by atoms with Crippen molar-refractivity contribution in [1.29, 1.82) is 0 Å². The number of hydrogen-bond donors (Lipinski definition) is 1. The molecule has 17 heavy (non-hydrogen) atoms. The third-order valence-electron chi connectivity index (χ3n) is 2.76. The lowest BCUT2D eigenvalue weighted by Gasteiger charge is -2.16. The zero-order valence-electron chi connectivity index (χ0n) is 11.0. The van der Waals surface area contributed by atoms with Gasteiger partial charge in [-0.05, 0) is 43.7 Å². The lowest BCUT2D eigenvalue weighted by Crippen LogP contribution is -2.23. The molecule has 96 valence electrons. The van der Waals surface area contributed by atoms with Crippen molar-refractivity contribution in [2.24, 2.45) is 0 Å². The van der Waals surface area contributed by atoms with Gasteiger partial charge in [-0.1, -0.05) is 6.07 Å². The van der Waals surface area contributed by atoms with Crippen molar-refractivity contribution in [2.75, 3.05) is 21.1 Å². The normalized spacial score (nSPS) is 12.1. The Balaban J connectivity index is 3.40. The number of hydrogen-bond acceptors (Lipinski definition) is 3. The van der Waals surface area contributed by atoms with Crippen LogP contribution in [0, 0.1) is 13.8 Å². The van der Waals surface area contributed by atoms with Crippen LogP contribution in [0.25, 0.3) is 0 Å². The molecule has 5 heteroatoms. The molecule has 1 N–H and O–H groups in total. The molecule has 0 amide bonds. The SMILES string of the molecule is CNCc1cc(S(=O)(=O)N(C)C)c(C)cc1C. The smallest absolute Gasteiger partial charge is 0.242 e. The summed E-state index contributed by atoms with van der Waals surface area (Å²) in [6.45, 7) is 4.49. The van der Waals surface area contributed by atoms with Gasteiger partial charge in [-0.25, -0.2) is 12.7 Å². The summed E-state index contributed by atoms with van der Waals surface area (Å²) in [4.78, 5) is 0.387. The van der Waals surface area contributed by atoms with E-state index in [0.29, 0.717) is 11.4 Å². The predicted molar refractivity (Wildman–Crippen MR) is 69.6 cm³/mol. The summed E-state index contributed by atoms with van der Waals surface area (Å²) < 4.78 is 25.5. The molecule has 0 atom stereocenters. The Morgan fingerprint density at radius 3 is 2.24 bits per heavy atom. The van der Waals surface area contributed by atoms with Crippen LogP contribution in [0.15, 0.2) is 17.0 Å². The molecule has 0 radical (unpaired) electrons. The fraction of sp³-hybridized carbons (Fsp3) is 0.500. The fourth-order valence-electron chi connectivity index (χ4n) is 1.73. The fourth-order valence-corrected chi connectivity index (χ4v) is 2.88. The van der Waals surface area contributed by atoms with Crippen molar-refractivity contribution in [3.05, 3.63) is 28.8 Å². The van der Waals surface area contributed by atoms with Crippen LogP contribution in [-0.4, -0.2) is 33.9 Å². The minimum absolute atomic E-state index is 0.387. The van der Waals surface area contributed by atoms with Gasteiger partial charge in [0.05, 0.1) is 4.90 Å². The van der Waals surface area contributed by atoms with E-state index in [-0.39, 0.29) is 0 Å². The van der Waals surface area contributed by atoms with Gasteiger partial charge in [-0.2, -0.15) is 0 Å². The molecule has 0 saturated carbocycles. The van der Waals surface area contributed by atoms with E-state index in [4.69, 9.17) is 0 Å². The highest BCUT2D eigenvalue weighted by atomic mass is 32.2. The maximum Gasteiger partial charge on any atom is 0.242 e. The number of rotatable bonds is 4. The van der Waals surface area contributed by atoms with E-state index in [9.17, 15) is 8.42 Å². The van der Waals surface area contributed by atoms with E-state index in [0.717, 1.165) is 16.7 Å². The summed E-state index contributed by atoms with van der Waals surface area (Å²) in [6.07, 6.45) is 0. The maximum atomic E-state index is 12.1. The van der Waals surface area contributed by atoms with Crippen molar-refractivity contribution in [1.82, 2.24) is 9.62 Å². The first-order valence-corrected chi connectivity index (χ1v) is 6.92. The van der Waals surface area contributed by atoms with Crippen LogP contribution in [0.5, 0.6) is 0 Å². The zero-order valence-corrected chi connectivity index (χ0v) is 11.9. The van der Waals surface area contributed by atoms with E-state index in [1.807, 2.05) is 27.0 Å². The molecule has 0 saturated heterocycles. The Morgan fingerprint density at radius 2 is 1.76 bits per heavy atom. The van der Waals surface area contributed by atoms with Gasteiger partial charge in [0.15, 0.2) is 0 Å². The van der Waals surface area contributed by atoms with Crippen molar-refractivity contribution in [3.63, 3.8) is 0 Å². The van der Waals surface area contributed by atoms with E-state index in [1.165, 1.54) is 4.31 Å². The third kappa shape index (κ3) is 2.86. The topological polar surface area (TPSA) is 49.4 Å². The summed E-state index contributed by atoms with van der Waals surface area (Å²) in [6, 6.07) is 3.68. The molecule has 1 aromatic rings. The third-order valence-corrected chi connectivity index (χ3v) is 4.72. The molecule has 0 heterocycles. The van der Waals surface area contributed by atoms with Gasteiger partial charge in [0.2, 0.25) is 10.0 Å². The Bertz CT molecular complexity index is 507. The summed E-state index contributed by atoms with van der Waals surface area (Å²) in [7, 11) is 1.58. The quantitative estimate of drug-likeness (QED) is 0.882. The maximum absolute atomic E-state index is 12.1. The molecular formula is C12H20N2O2S. The molecule has 0 bridgehead atoms. The van der Waals surface area contributed by atoms with Gasteiger partial charge in [-0.15, -0.1) is 0 Å². The predicted octanol–water partition coefficient (Wildman–Crippen LogP) is 1.27. The van der Waals surface area contributed by atoms with Crippen molar-refractivity contribution in [2.45, 2.75) is 25.3 Å². The van der Waals surface area contributed by atoms with E-state index in [1.54, 1.807) is 20.2 Å². The first-order valence-electron chi connectivity index (χ1n) is 5.48. The molecule has 0 aliphatic carbocycles. The monoisotopic (exact) mass is 256 g/mol. The highest BCUT2D eigenvalue weighted by Gasteiger charge is 2.20. The minimum atomic E-state index is -3.36. The van der Waals surface area contributed by atoms with Crippen LogP contribution in [0.1, 0.15) is 16.7 Å². The van der Waals surface area contributed by atoms with Gasteiger partial charge >= 0.3 is 0 Å². The molecule has 0 aliphatic rings. The average Bonchev–Trinajstić information content (AvgIpc) is 2.21. The number of benzene rings is 1. The number of aryl methyl sites for hydroxylation is 2. The molecular weight excluding hydrogens is 236 g/mol. The second-order valence-corrected chi connectivity index (χ2v) is 6.48. The molecule has 0 spiro atoms. The number of nitrogens with one attached hydrogen (secondary N) is 1. The molecule has 1 rings (SSSR count). The molecule has 4 nitrogen and oxygen atoms in total. The van der Waals surface area contributed by atoms with Gasteiger partial charge in [-0.3, -0.25) is 0 Å². The average molecular weight is 256 g/mol. The Kier molecular flexibility index (Phi) is 4.30. The van der Waals surface area contributed by atoms with Gasteiger partial charge < -0.3 is 5.32 Å². The highest BCUT2D eigenvalue weighted by molar-refractivity contribution is 7.89. The first kappa shape index (κ1) is 14.2. The van der Waals surface area contributed by atoms with E-state index < -0.39 is 10.0 Å². The second-order valence-electron chi connectivity index (χ2n) is 4.36. The molecule has 0 aromatic heterocycles. The van der Waals surface area contributed by atoms with Crippen LogP contribution in [0.4, 0.5) is 0 Å². The number of nitrogens with zero attached hydrogens (tertiary/aromatic N) is 1. The van der Waals surface area contributed by atoms with Gasteiger partial charge in [0.1, 0.15) is 0 Å². The highest BCUT2D eigenvalue weighted by Crippen LogP contribution is 2.22. The largest absolute Gasteiger partial charge is 0.316 e.